The van der Waals surface area contributed by atoms with Gasteiger partial charge >= 0.3 is 0 Å². The van der Waals surface area contributed by atoms with Crippen molar-refractivity contribution < 1.29 is 56.8 Å². The number of aromatic hydroxyl groups is 1. The maximum Gasteiger partial charge on any atom is 0.274 e. The zero-order valence-corrected chi connectivity index (χ0v) is 34.8. The lowest BCUT2D eigenvalue weighted by Crippen LogP contribution is -2.52. The van der Waals surface area contributed by atoms with Gasteiger partial charge in [-0.2, -0.15) is 0 Å². The van der Waals surface area contributed by atoms with Crippen molar-refractivity contribution in [2.24, 2.45) is 0 Å². The molecule has 4 atom stereocenters. The molecule has 2 aromatic heterocycles. The first-order chi connectivity index (χ1) is 29.8. The molecule has 4 aliphatic heterocycles. The molecule has 0 spiro atoms. The topological polar surface area (TPSA) is 213 Å². The Balaban J connectivity index is 0.000000237. The number of aliphatic hydroxyl groups excluding tert-OH is 2. The van der Waals surface area contributed by atoms with Crippen molar-refractivity contribution in [3.63, 3.8) is 0 Å². The third kappa shape index (κ3) is 7.91. The predicted molar refractivity (Wildman–Crippen MR) is 228 cm³/mol. The van der Waals surface area contributed by atoms with Gasteiger partial charge in [0.2, 0.25) is 10.9 Å². The van der Waals surface area contributed by atoms with Crippen LogP contribution in [0.3, 0.4) is 0 Å². The van der Waals surface area contributed by atoms with Crippen LogP contribution in [-0.4, -0.2) is 92.2 Å². The molecule has 0 saturated heterocycles. The summed E-state index contributed by atoms with van der Waals surface area (Å²) < 4.78 is 62.3. The Bertz CT molecular complexity index is 2740. The van der Waals surface area contributed by atoms with Gasteiger partial charge in [0.15, 0.2) is 22.9 Å². The summed E-state index contributed by atoms with van der Waals surface area (Å²) in [5, 5.41) is 37.0. The molecule has 6 heterocycles. The number of pyridine rings is 2. The van der Waals surface area contributed by atoms with E-state index in [4.69, 9.17) is 4.74 Å². The smallest absolute Gasteiger partial charge is 0.274 e. The van der Waals surface area contributed by atoms with Gasteiger partial charge in [-0.05, 0) is 25.0 Å². The van der Waals surface area contributed by atoms with Crippen LogP contribution in [-0.2, 0) is 24.2 Å². The van der Waals surface area contributed by atoms with Crippen molar-refractivity contribution in [2.45, 2.75) is 90.8 Å². The third-order valence-electron chi connectivity index (χ3n) is 12.5. The second kappa shape index (κ2) is 18.1. The third-order valence-corrected chi connectivity index (χ3v) is 12.5. The normalized spacial score (nSPS) is 21.0. The summed E-state index contributed by atoms with van der Waals surface area (Å²) >= 11 is 0. The molecule has 4 aromatic rings. The number of amides is 4. The molecule has 4 unspecified atom stereocenters. The average Bonchev–Trinajstić information content (AvgIpc) is 3.69. The molecule has 16 nitrogen and oxygen atoms in total. The second-order valence-electron chi connectivity index (χ2n) is 16.2. The number of methoxy groups -OCH3 is 1. The monoisotopic (exact) mass is 912 g/mol. The molecular formula is C45H52F4N6O10. The Morgan fingerprint density at radius 2 is 1.11 bits per heavy atom. The Kier molecular flexibility index (Phi) is 13.8. The fraction of sp³-hybridized carbons (Fsp3) is 0.422. The summed E-state index contributed by atoms with van der Waals surface area (Å²) in [5.41, 5.74) is -4.49. The number of nitrogens with zero attached hydrogens (tertiary/aromatic N) is 4. The van der Waals surface area contributed by atoms with Gasteiger partial charge in [0.25, 0.3) is 23.6 Å². The van der Waals surface area contributed by atoms with E-state index in [2.05, 4.69) is 10.6 Å². The van der Waals surface area contributed by atoms with Crippen LogP contribution >= 0.6 is 0 Å². The number of ether oxygens (including phenoxy) is 1. The van der Waals surface area contributed by atoms with Gasteiger partial charge in [-0.25, -0.2) is 17.6 Å². The number of aliphatic hydroxyl groups is 2. The molecule has 20 heteroatoms. The van der Waals surface area contributed by atoms with Crippen LogP contribution in [0.2, 0.25) is 0 Å². The quantitative estimate of drug-likeness (QED) is 0.150. The summed E-state index contributed by atoms with van der Waals surface area (Å²) in [4.78, 5) is 80.5. The van der Waals surface area contributed by atoms with Crippen LogP contribution in [0.15, 0.2) is 46.0 Å². The molecule has 2 aromatic carbocycles. The lowest BCUT2D eigenvalue weighted by molar-refractivity contribution is 0.0565. The lowest BCUT2D eigenvalue weighted by atomic mass is 9.89. The zero-order chi connectivity index (χ0) is 46.0. The Morgan fingerprint density at radius 3 is 1.51 bits per heavy atom. The maximum absolute atomic E-state index is 14.0. The predicted octanol–water partition coefficient (Wildman–Crippen LogP) is 4.36. The molecule has 8 rings (SSSR count). The Labute approximate surface area is 371 Å². The molecule has 65 heavy (non-hydrogen) atoms. The number of carbonyl (C=O) groups is 4. The molecular weight excluding hydrogens is 861 g/mol. The average molecular weight is 913 g/mol. The van der Waals surface area contributed by atoms with E-state index >= 15 is 0 Å². The van der Waals surface area contributed by atoms with Gasteiger partial charge in [-0.1, -0.05) is 40.8 Å². The van der Waals surface area contributed by atoms with Gasteiger partial charge in [-0.15, -0.1) is 0 Å². The number of halogens is 4. The first-order valence-corrected chi connectivity index (χ1v) is 20.0. The molecule has 0 bridgehead atoms. The minimum atomic E-state index is -1.21. The van der Waals surface area contributed by atoms with Crippen molar-refractivity contribution in [3.05, 3.63) is 125 Å². The van der Waals surface area contributed by atoms with E-state index in [1.165, 1.54) is 34.6 Å². The van der Waals surface area contributed by atoms with Gasteiger partial charge in [0.1, 0.15) is 34.4 Å². The van der Waals surface area contributed by atoms with Crippen LogP contribution in [0, 0.1) is 23.3 Å². The minimum Gasteiger partial charge on any atom is -0.503 e. The van der Waals surface area contributed by atoms with Crippen molar-refractivity contribution in [1.29, 1.82) is 0 Å². The number of benzene rings is 2. The fourth-order valence-corrected chi connectivity index (χ4v) is 9.43. The fourth-order valence-electron chi connectivity index (χ4n) is 9.43. The van der Waals surface area contributed by atoms with Gasteiger partial charge in [0.05, 0.1) is 41.8 Å². The molecule has 4 amide bonds. The SMILES string of the molecule is C.C.CCC12CC(O)c3c(C(=O)NCc4ccc(F)cc4F)c(=O)c(O)c(n31)C(=O)N(C)C2.CCC12CC(O)c3c(C(=O)NCc4ccc(F)cc4F)c(=O)c(OC)c(n31)C(=O)N(C)C2. The van der Waals surface area contributed by atoms with Crippen LogP contribution < -0.4 is 26.2 Å². The summed E-state index contributed by atoms with van der Waals surface area (Å²) in [5.74, 6) is -7.20. The highest BCUT2D eigenvalue weighted by molar-refractivity contribution is 6.02. The van der Waals surface area contributed by atoms with Crippen LogP contribution in [0.1, 0.15) is 131 Å². The van der Waals surface area contributed by atoms with Crippen molar-refractivity contribution in [3.8, 4) is 11.5 Å². The standard InChI is InChI=1S/C22H23F2N3O5.C21H21F2N3O5.2CH4/c1-4-22-8-14(28)16-15(20(30)25-9-11-5-6-12(23)7-13(11)24)18(29)19(32-3)17(27(16)22)21(31)26(2)10-22;1-3-21-7-13(27)15-14(19(30)24-8-10-4-5-11(22)6-12(10)23)17(28)18(29)16(26(15)21)20(31)25(2)9-21;;/h5-7,14,28H,4,8-10H2,1-3H3,(H,25,30);4-6,13,27,29H,3,7-9H2,1-2H3,(H,24,30);2*1H4. The van der Waals surface area contributed by atoms with E-state index in [1.54, 1.807) is 11.6 Å². The van der Waals surface area contributed by atoms with E-state index in [1.807, 2.05) is 13.8 Å². The first kappa shape index (κ1) is 49.5. The van der Waals surface area contributed by atoms with Crippen LogP contribution in [0.25, 0.3) is 0 Å². The van der Waals surface area contributed by atoms with Crippen molar-refractivity contribution >= 4 is 23.6 Å². The first-order valence-electron chi connectivity index (χ1n) is 20.0. The Hall–Kier alpha value is -6.54. The van der Waals surface area contributed by atoms with Crippen molar-refractivity contribution in [2.75, 3.05) is 34.3 Å². The van der Waals surface area contributed by atoms with Crippen LogP contribution in [0.4, 0.5) is 17.6 Å². The highest BCUT2D eigenvalue weighted by atomic mass is 19.1. The number of aromatic nitrogens is 2. The highest BCUT2D eigenvalue weighted by Gasteiger charge is 2.53. The molecule has 5 N–H and O–H groups in total. The number of hydrogen-bond donors (Lipinski definition) is 5. The number of nitrogens with one attached hydrogen (secondary N) is 2. The number of hydrogen-bond acceptors (Lipinski definition) is 10. The Morgan fingerprint density at radius 1 is 0.708 bits per heavy atom. The summed E-state index contributed by atoms with van der Waals surface area (Å²) in [7, 11) is 4.38. The number of carbonyl (C=O) groups excluding carboxylic acids is 4. The molecule has 4 aliphatic rings. The van der Waals surface area contributed by atoms with E-state index in [9.17, 15) is 61.6 Å². The van der Waals surface area contributed by atoms with E-state index in [-0.39, 0.29) is 92.5 Å². The number of likely N-dealkylation sites (N-methyl/N-ethyl adjacent to an activating group) is 2. The molecule has 0 fully saturated rings. The van der Waals surface area contributed by atoms with E-state index in [0.717, 1.165) is 18.2 Å². The summed E-state index contributed by atoms with van der Waals surface area (Å²) in [6, 6.07) is 5.80. The van der Waals surface area contributed by atoms with Gasteiger partial charge in [0, 0.05) is 76.4 Å². The van der Waals surface area contributed by atoms with E-state index in [0.29, 0.717) is 31.5 Å². The van der Waals surface area contributed by atoms with Gasteiger partial charge in [-0.3, -0.25) is 28.8 Å². The summed E-state index contributed by atoms with van der Waals surface area (Å²) in [6.45, 7) is 3.64. The minimum absolute atomic E-state index is 0. The second-order valence-corrected chi connectivity index (χ2v) is 16.2. The van der Waals surface area contributed by atoms with Gasteiger partial charge < -0.3 is 49.6 Å². The zero-order valence-electron chi connectivity index (χ0n) is 34.8. The largest absolute Gasteiger partial charge is 0.503 e. The summed E-state index contributed by atoms with van der Waals surface area (Å²) in [6.07, 6.45) is -0.983. The molecule has 0 radical (unpaired) electrons. The lowest BCUT2D eigenvalue weighted by Gasteiger charge is -2.41. The maximum atomic E-state index is 14.0. The van der Waals surface area contributed by atoms with E-state index < -0.39 is 92.4 Å². The van der Waals surface area contributed by atoms with Crippen LogP contribution in [0.5, 0.6) is 11.5 Å². The highest BCUT2D eigenvalue weighted by Crippen LogP contribution is 2.49. The van der Waals surface area contributed by atoms with Crippen molar-refractivity contribution in [1.82, 2.24) is 29.6 Å². The molecule has 0 saturated carbocycles. The number of rotatable bonds is 9. The molecule has 350 valence electrons. The molecule has 0 aliphatic carbocycles.